The lowest BCUT2D eigenvalue weighted by molar-refractivity contribution is 0.0967. The molecular formula is C14H11N3O. The number of fused-ring (bicyclic) bond motifs is 4. The molecule has 2 heterocycles. The molecule has 0 saturated heterocycles. The van der Waals surface area contributed by atoms with Crippen molar-refractivity contribution >= 4 is 22.6 Å². The van der Waals surface area contributed by atoms with Crippen LogP contribution in [-0.4, -0.2) is 20.2 Å². The molecular weight excluding hydrogens is 226 g/mol. The summed E-state index contributed by atoms with van der Waals surface area (Å²) in [5.41, 5.74) is 3.62. The highest BCUT2D eigenvalue weighted by Crippen LogP contribution is 2.22. The highest BCUT2D eigenvalue weighted by atomic mass is 16.1. The number of ketones is 1. The van der Waals surface area contributed by atoms with Crippen LogP contribution in [0.4, 0.5) is 0 Å². The second-order valence-electron chi connectivity index (χ2n) is 4.66. The van der Waals surface area contributed by atoms with Gasteiger partial charge in [-0.25, -0.2) is 9.97 Å². The number of carbonyl (C=O) groups excluding carboxylic acids is 1. The Morgan fingerprint density at radius 2 is 2.00 bits per heavy atom. The van der Waals surface area contributed by atoms with E-state index in [9.17, 15) is 4.79 Å². The first-order valence-corrected chi connectivity index (χ1v) is 6.13. The lowest BCUT2D eigenvalue weighted by Gasteiger charge is -2.13. The van der Waals surface area contributed by atoms with E-state index >= 15 is 0 Å². The van der Waals surface area contributed by atoms with Gasteiger partial charge >= 0.3 is 0 Å². The highest BCUT2D eigenvalue weighted by Gasteiger charge is 2.20. The van der Waals surface area contributed by atoms with Gasteiger partial charge in [0.2, 0.25) is 5.78 Å². The van der Waals surface area contributed by atoms with Crippen molar-refractivity contribution < 1.29 is 4.79 Å². The van der Waals surface area contributed by atoms with Gasteiger partial charge in [-0.05, 0) is 30.5 Å². The van der Waals surface area contributed by atoms with Crippen LogP contribution in [-0.2, 0) is 6.42 Å². The highest BCUT2D eigenvalue weighted by molar-refractivity contribution is 5.97. The summed E-state index contributed by atoms with van der Waals surface area (Å²) in [7, 11) is 0. The van der Waals surface area contributed by atoms with Crippen LogP contribution >= 0.6 is 0 Å². The van der Waals surface area contributed by atoms with Gasteiger partial charge in [-0.15, -0.1) is 0 Å². The van der Waals surface area contributed by atoms with Gasteiger partial charge in [-0.1, -0.05) is 12.1 Å². The summed E-state index contributed by atoms with van der Waals surface area (Å²) in [6.45, 7) is 0. The fraction of sp³-hybridized carbons (Fsp3) is 0.214. The lowest BCUT2D eigenvalue weighted by Crippen LogP contribution is -2.14. The van der Waals surface area contributed by atoms with Crippen LogP contribution in [0, 0.1) is 0 Å². The fourth-order valence-electron chi connectivity index (χ4n) is 2.61. The van der Waals surface area contributed by atoms with E-state index in [0.717, 1.165) is 29.4 Å². The van der Waals surface area contributed by atoms with Crippen LogP contribution in [0.3, 0.4) is 0 Å². The van der Waals surface area contributed by atoms with E-state index in [1.807, 2.05) is 34.9 Å². The number of aryl methyl sites for hydroxylation is 1. The average molecular weight is 237 g/mol. The number of hydrogen-bond donors (Lipinski definition) is 0. The Morgan fingerprint density at radius 1 is 1.11 bits per heavy atom. The molecule has 4 heteroatoms. The summed E-state index contributed by atoms with van der Waals surface area (Å²) in [5.74, 6) is 0.760. The van der Waals surface area contributed by atoms with Crippen LogP contribution in [0.2, 0.25) is 0 Å². The van der Waals surface area contributed by atoms with Crippen LogP contribution in [0.25, 0.3) is 16.8 Å². The van der Waals surface area contributed by atoms with Crippen molar-refractivity contribution in [3.8, 4) is 0 Å². The molecule has 1 aliphatic carbocycles. The van der Waals surface area contributed by atoms with Crippen molar-refractivity contribution in [1.29, 1.82) is 0 Å². The molecule has 1 aromatic carbocycles. The van der Waals surface area contributed by atoms with Crippen LogP contribution in [0.5, 0.6) is 0 Å². The molecule has 88 valence electrons. The number of nitrogens with zero attached hydrogens (tertiary/aromatic N) is 3. The Labute approximate surface area is 103 Å². The molecule has 4 rings (SSSR count). The zero-order valence-corrected chi connectivity index (χ0v) is 9.76. The minimum Gasteiger partial charge on any atom is -0.292 e. The van der Waals surface area contributed by atoms with Gasteiger partial charge in [0.05, 0.1) is 11.0 Å². The van der Waals surface area contributed by atoms with Gasteiger partial charge < -0.3 is 0 Å². The number of hydrogen-bond acceptors (Lipinski definition) is 3. The summed E-state index contributed by atoms with van der Waals surface area (Å²) < 4.78 is 1.98. The normalized spacial score (nSPS) is 15.2. The minimum absolute atomic E-state index is 0.144. The third-order valence-corrected chi connectivity index (χ3v) is 3.49. The van der Waals surface area contributed by atoms with Gasteiger partial charge in [0.25, 0.3) is 0 Å². The van der Waals surface area contributed by atoms with Crippen molar-refractivity contribution in [2.24, 2.45) is 0 Å². The van der Waals surface area contributed by atoms with Gasteiger partial charge in [0.15, 0.2) is 5.78 Å². The standard InChI is InChI=1S/C14H11N3O/c18-12-7-3-4-9-8-17-11-6-2-1-5-10(11)15-14(17)16-13(9)12/h1-2,5-6,8H,3-4,7H2. The largest absolute Gasteiger partial charge is 0.292 e. The number of Topliss-reactive ketones (excluding diaryl/α,β-unsaturated/α-hetero) is 1. The molecule has 0 unspecified atom stereocenters. The monoisotopic (exact) mass is 237 g/mol. The average Bonchev–Trinajstić information content (AvgIpc) is 2.75. The first-order chi connectivity index (χ1) is 8.83. The molecule has 4 nitrogen and oxygen atoms in total. The van der Waals surface area contributed by atoms with E-state index in [2.05, 4.69) is 9.97 Å². The first kappa shape index (κ1) is 9.76. The van der Waals surface area contributed by atoms with Crippen LogP contribution in [0.1, 0.15) is 28.9 Å². The Bertz CT molecular complexity index is 788. The van der Waals surface area contributed by atoms with Crippen LogP contribution in [0.15, 0.2) is 30.5 Å². The lowest BCUT2D eigenvalue weighted by atomic mass is 9.96. The Hall–Kier alpha value is -2.23. The molecule has 1 aliphatic rings. The maximum absolute atomic E-state index is 11.8. The molecule has 0 bridgehead atoms. The maximum atomic E-state index is 11.8. The van der Waals surface area contributed by atoms with Crippen molar-refractivity contribution in [2.75, 3.05) is 0 Å². The van der Waals surface area contributed by atoms with Gasteiger partial charge in [-0.2, -0.15) is 0 Å². The fourth-order valence-corrected chi connectivity index (χ4v) is 2.61. The number of para-hydroxylation sites is 2. The molecule has 0 fully saturated rings. The predicted molar refractivity (Wildman–Crippen MR) is 67.8 cm³/mol. The van der Waals surface area contributed by atoms with E-state index in [-0.39, 0.29) is 5.78 Å². The molecule has 0 saturated carbocycles. The zero-order valence-electron chi connectivity index (χ0n) is 9.76. The van der Waals surface area contributed by atoms with E-state index < -0.39 is 0 Å². The molecule has 0 aliphatic heterocycles. The van der Waals surface area contributed by atoms with E-state index in [0.29, 0.717) is 17.9 Å². The maximum Gasteiger partial charge on any atom is 0.235 e. The summed E-state index contributed by atoms with van der Waals surface area (Å²) >= 11 is 0. The smallest absolute Gasteiger partial charge is 0.235 e. The Balaban J connectivity index is 2.13. The number of rotatable bonds is 0. The first-order valence-electron chi connectivity index (χ1n) is 6.13. The van der Waals surface area contributed by atoms with E-state index in [1.165, 1.54) is 0 Å². The molecule has 0 atom stereocenters. The molecule has 18 heavy (non-hydrogen) atoms. The molecule has 2 aromatic heterocycles. The van der Waals surface area contributed by atoms with E-state index in [4.69, 9.17) is 0 Å². The van der Waals surface area contributed by atoms with Crippen LogP contribution < -0.4 is 0 Å². The molecule has 3 aromatic rings. The third-order valence-electron chi connectivity index (χ3n) is 3.49. The SMILES string of the molecule is O=C1CCCc2cn3c(nc21)nc1ccccc13. The van der Waals surface area contributed by atoms with Gasteiger partial charge in [0, 0.05) is 12.6 Å². The molecule has 0 radical (unpaired) electrons. The second-order valence-corrected chi connectivity index (χ2v) is 4.66. The number of benzene rings is 1. The second kappa shape index (κ2) is 3.38. The third kappa shape index (κ3) is 1.23. The summed E-state index contributed by atoms with van der Waals surface area (Å²) in [4.78, 5) is 20.7. The van der Waals surface area contributed by atoms with Crippen molar-refractivity contribution in [1.82, 2.24) is 14.4 Å². The van der Waals surface area contributed by atoms with E-state index in [1.54, 1.807) is 0 Å². The minimum atomic E-state index is 0.144. The summed E-state index contributed by atoms with van der Waals surface area (Å²) in [6.07, 6.45) is 4.47. The Morgan fingerprint density at radius 3 is 2.94 bits per heavy atom. The van der Waals surface area contributed by atoms with Crippen molar-refractivity contribution in [2.45, 2.75) is 19.3 Å². The zero-order chi connectivity index (χ0) is 12.1. The van der Waals surface area contributed by atoms with Crippen molar-refractivity contribution in [3.05, 3.63) is 41.7 Å². The van der Waals surface area contributed by atoms with Gasteiger partial charge in [-0.3, -0.25) is 9.20 Å². The number of aromatic nitrogens is 3. The molecule has 0 spiro atoms. The van der Waals surface area contributed by atoms with Gasteiger partial charge in [0.1, 0.15) is 5.69 Å². The predicted octanol–water partition coefficient (Wildman–Crippen LogP) is 2.40. The topological polar surface area (TPSA) is 47.3 Å². The Kier molecular flexibility index (Phi) is 1.84. The quantitative estimate of drug-likeness (QED) is 0.603. The summed E-state index contributed by atoms with van der Waals surface area (Å²) in [6, 6.07) is 7.93. The molecule has 0 N–H and O–H groups in total. The van der Waals surface area contributed by atoms with Crippen molar-refractivity contribution in [3.63, 3.8) is 0 Å². The number of carbonyl (C=O) groups is 1. The number of imidazole rings is 1. The summed E-state index contributed by atoms with van der Waals surface area (Å²) in [5, 5.41) is 0. The molecule has 0 amide bonds.